The first-order valence-corrected chi connectivity index (χ1v) is 5.82. The highest BCUT2D eigenvalue weighted by Gasteiger charge is 2.24. The van der Waals surface area contributed by atoms with E-state index in [4.69, 9.17) is 10.5 Å². The van der Waals surface area contributed by atoms with Crippen LogP contribution in [0.3, 0.4) is 0 Å². The molecule has 0 radical (unpaired) electrons. The van der Waals surface area contributed by atoms with Crippen molar-refractivity contribution >= 4 is 5.91 Å². The van der Waals surface area contributed by atoms with Gasteiger partial charge in [0, 0.05) is 13.6 Å². The number of hydrogen-bond acceptors (Lipinski definition) is 3. The Labute approximate surface area is 99.1 Å². The van der Waals surface area contributed by atoms with Crippen LogP contribution in [0.15, 0.2) is 0 Å². The fourth-order valence-corrected chi connectivity index (χ4v) is 1.21. The lowest BCUT2D eigenvalue weighted by molar-refractivity contribution is -0.151. The summed E-state index contributed by atoms with van der Waals surface area (Å²) in [5.41, 5.74) is 5.30. The van der Waals surface area contributed by atoms with Gasteiger partial charge in [-0.25, -0.2) is 0 Å². The summed E-state index contributed by atoms with van der Waals surface area (Å²) in [5, 5.41) is 0. The Morgan fingerprint density at radius 1 is 1.38 bits per heavy atom. The molecule has 0 aromatic heterocycles. The fraction of sp³-hybridized carbons (Fsp3) is 0.917. The topological polar surface area (TPSA) is 55.6 Å². The lowest BCUT2D eigenvalue weighted by Gasteiger charge is -2.27. The number of amides is 1. The fourth-order valence-electron chi connectivity index (χ4n) is 1.21. The largest absolute Gasteiger partial charge is 0.348 e. The van der Waals surface area contributed by atoms with Gasteiger partial charge in [-0.15, -0.1) is 0 Å². The number of nitrogens with two attached hydrogens (primary N) is 1. The Balaban J connectivity index is 4.12. The van der Waals surface area contributed by atoms with Crippen LogP contribution in [0, 0.1) is 5.92 Å². The van der Waals surface area contributed by atoms with E-state index in [1.54, 1.807) is 11.9 Å². The van der Waals surface area contributed by atoms with Crippen LogP contribution in [0.1, 0.15) is 41.0 Å². The van der Waals surface area contributed by atoms with Crippen molar-refractivity contribution in [3.63, 3.8) is 0 Å². The minimum Gasteiger partial charge on any atom is -0.348 e. The highest BCUT2D eigenvalue weighted by atomic mass is 16.5. The van der Waals surface area contributed by atoms with Gasteiger partial charge in [0.15, 0.2) is 6.23 Å². The van der Waals surface area contributed by atoms with Gasteiger partial charge in [-0.1, -0.05) is 13.8 Å². The van der Waals surface area contributed by atoms with E-state index in [1.807, 2.05) is 20.8 Å². The Morgan fingerprint density at radius 3 is 2.25 bits per heavy atom. The third kappa shape index (κ3) is 6.80. The highest BCUT2D eigenvalue weighted by Crippen LogP contribution is 2.10. The average Bonchev–Trinajstić information content (AvgIpc) is 2.10. The number of carbonyl (C=O) groups is 1. The summed E-state index contributed by atoms with van der Waals surface area (Å²) in [6.45, 7) is 10.6. The zero-order chi connectivity index (χ0) is 12.9. The Hall–Kier alpha value is -0.610. The maximum Gasteiger partial charge on any atom is 0.266 e. The molecule has 1 atom stereocenters. The second-order valence-electron chi connectivity index (χ2n) is 5.59. The predicted octanol–water partition coefficient (Wildman–Crippen LogP) is 1.59. The minimum absolute atomic E-state index is 0.157. The van der Waals surface area contributed by atoms with Gasteiger partial charge in [0.2, 0.25) is 0 Å². The van der Waals surface area contributed by atoms with Crippen LogP contribution in [0.4, 0.5) is 0 Å². The smallest absolute Gasteiger partial charge is 0.266 e. The maximum absolute atomic E-state index is 11.8. The second kappa shape index (κ2) is 6.21. The molecule has 0 heterocycles. The first-order chi connectivity index (χ1) is 7.13. The minimum atomic E-state index is -0.864. The lowest BCUT2D eigenvalue weighted by atomic mass is 10.1. The summed E-state index contributed by atoms with van der Waals surface area (Å²) in [5.74, 6) is 0.422. The van der Waals surface area contributed by atoms with Gasteiger partial charge >= 0.3 is 0 Å². The normalized spacial score (nSPS) is 14.0. The molecule has 0 saturated carbocycles. The van der Waals surface area contributed by atoms with Crippen molar-refractivity contribution in [2.45, 2.75) is 52.9 Å². The molecule has 0 unspecified atom stereocenters. The molecule has 0 rings (SSSR count). The zero-order valence-corrected chi connectivity index (χ0v) is 11.4. The van der Waals surface area contributed by atoms with E-state index < -0.39 is 11.8 Å². The number of nitrogens with zero attached hydrogens (tertiary/aromatic N) is 1. The summed E-state index contributed by atoms with van der Waals surface area (Å²) in [6.07, 6.45) is 0.113. The van der Waals surface area contributed by atoms with Crippen molar-refractivity contribution < 1.29 is 9.53 Å². The molecule has 4 heteroatoms. The standard InChI is InChI=1S/C12H26N2O2/c1-9(2)7-8-14(6)11(15)10(13)16-12(3,4)5/h9-10H,7-8,13H2,1-6H3/t10-/m0/s1. The van der Waals surface area contributed by atoms with Gasteiger partial charge < -0.3 is 9.64 Å². The van der Waals surface area contributed by atoms with E-state index in [1.165, 1.54) is 0 Å². The Kier molecular flexibility index (Phi) is 5.97. The van der Waals surface area contributed by atoms with Crippen LogP contribution in [0.2, 0.25) is 0 Å². The van der Waals surface area contributed by atoms with Crippen molar-refractivity contribution in [2.75, 3.05) is 13.6 Å². The molecule has 0 saturated heterocycles. The predicted molar refractivity (Wildman–Crippen MR) is 65.9 cm³/mol. The van der Waals surface area contributed by atoms with Crippen LogP contribution in [-0.4, -0.2) is 36.2 Å². The van der Waals surface area contributed by atoms with E-state index in [2.05, 4.69) is 13.8 Å². The van der Waals surface area contributed by atoms with Crippen molar-refractivity contribution in [1.29, 1.82) is 0 Å². The summed E-state index contributed by atoms with van der Waals surface area (Å²) >= 11 is 0. The second-order valence-corrected chi connectivity index (χ2v) is 5.59. The van der Waals surface area contributed by atoms with Crippen LogP contribution >= 0.6 is 0 Å². The molecule has 96 valence electrons. The van der Waals surface area contributed by atoms with Crippen LogP contribution in [0.25, 0.3) is 0 Å². The molecule has 1 amide bonds. The molecule has 0 aliphatic carbocycles. The number of hydrogen-bond donors (Lipinski definition) is 1. The summed E-state index contributed by atoms with van der Waals surface area (Å²) in [4.78, 5) is 13.4. The van der Waals surface area contributed by atoms with Gasteiger partial charge in [-0.05, 0) is 33.1 Å². The molecule has 0 aromatic carbocycles. The van der Waals surface area contributed by atoms with Gasteiger partial charge in [0.05, 0.1) is 5.60 Å². The Bertz CT molecular complexity index is 222. The SMILES string of the molecule is CC(C)CCN(C)C(=O)[C@@H](N)OC(C)(C)C. The Morgan fingerprint density at radius 2 is 1.88 bits per heavy atom. The number of rotatable bonds is 5. The molecule has 16 heavy (non-hydrogen) atoms. The molecule has 0 spiro atoms. The maximum atomic E-state index is 11.8. The third-order valence-electron chi connectivity index (χ3n) is 2.14. The van der Waals surface area contributed by atoms with Crippen molar-refractivity contribution in [3.8, 4) is 0 Å². The van der Waals surface area contributed by atoms with Gasteiger partial charge in [0.25, 0.3) is 5.91 Å². The van der Waals surface area contributed by atoms with E-state index in [0.29, 0.717) is 5.92 Å². The number of ether oxygens (including phenoxy) is 1. The van der Waals surface area contributed by atoms with Crippen molar-refractivity contribution in [2.24, 2.45) is 11.7 Å². The van der Waals surface area contributed by atoms with Crippen LogP contribution in [-0.2, 0) is 9.53 Å². The number of carbonyl (C=O) groups excluding carboxylic acids is 1. The zero-order valence-electron chi connectivity index (χ0n) is 11.4. The molecular formula is C12H26N2O2. The number of likely N-dealkylation sites (N-methyl/N-ethyl adjacent to an activating group) is 1. The molecule has 2 N–H and O–H groups in total. The van der Waals surface area contributed by atoms with E-state index in [9.17, 15) is 4.79 Å². The molecular weight excluding hydrogens is 204 g/mol. The molecule has 0 bridgehead atoms. The third-order valence-corrected chi connectivity index (χ3v) is 2.14. The molecule has 0 fully saturated rings. The first-order valence-electron chi connectivity index (χ1n) is 5.82. The highest BCUT2D eigenvalue weighted by molar-refractivity contribution is 5.80. The van der Waals surface area contributed by atoms with E-state index in [-0.39, 0.29) is 5.91 Å². The van der Waals surface area contributed by atoms with Crippen molar-refractivity contribution in [1.82, 2.24) is 4.90 Å². The van der Waals surface area contributed by atoms with Crippen LogP contribution < -0.4 is 5.73 Å². The summed E-state index contributed by atoms with van der Waals surface area (Å²) in [7, 11) is 1.76. The molecule has 4 nitrogen and oxygen atoms in total. The summed E-state index contributed by atoms with van der Waals surface area (Å²) in [6, 6.07) is 0. The first kappa shape index (κ1) is 15.4. The van der Waals surface area contributed by atoms with Crippen molar-refractivity contribution in [3.05, 3.63) is 0 Å². The van der Waals surface area contributed by atoms with Crippen LogP contribution in [0.5, 0.6) is 0 Å². The van der Waals surface area contributed by atoms with E-state index >= 15 is 0 Å². The summed E-state index contributed by atoms with van der Waals surface area (Å²) < 4.78 is 5.41. The molecule has 0 aliphatic rings. The lowest BCUT2D eigenvalue weighted by Crippen LogP contribution is -2.47. The van der Waals surface area contributed by atoms with Gasteiger partial charge in [-0.3, -0.25) is 10.5 Å². The van der Waals surface area contributed by atoms with E-state index in [0.717, 1.165) is 13.0 Å². The molecule has 0 aliphatic heterocycles. The van der Waals surface area contributed by atoms with Gasteiger partial charge in [0.1, 0.15) is 0 Å². The monoisotopic (exact) mass is 230 g/mol. The molecule has 0 aromatic rings. The quantitative estimate of drug-likeness (QED) is 0.730. The average molecular weight is 230 g/mol. The van der Waals surface area contributed by atoms with Gasteiger partial charge in [-0.2, -0.15) is 0 Å².